The van der Waals surface area contributed by atoms with E-state index in [4.69, 9.17) is 0 Å². The molecule has 0 bridgehead atoms. The van der Waals surface area contributed by atoms with Gasteiger partial charge in [-0.2, -0.15) is 0 Å². The van der Waals surface area contributed by atoms with Crippen molar-refractivity contribution < 1.29 is 0 Å². The van der Waals surface area contributed by atoms with Gasteiger partial charge in [-0.1, -0.05) is 341 Å². The molecule has 4 aliphatic carbocycles. The Kier molecular flexibility index (Phi) is 15.6. The Morgan fingerprint density at radius 1 is 0.148 bits per heavy atom. The molecule has 0 aliphatic heterocycles. The first-order valence-electron chi connectivity index (χ1n) is 41.3. The van der Waals surface area contributed by atoms with Crippen LogP contribution in [0.15, 0.2) is 322 Å². The summed E-state index contributed by atoms with van der Waals surface area (Å²) in [6.07, 6.45) is 0. The fourth-order valence-corrected chi connectivity index (χ4v) is 21.6. The summed E-state index contributed by atoms with van der Waals surface area (Å²) in [4.78, 5) is 0. The third-order valence-electron chi connectivity index (χ3n) is 28.1. The molecule has 0 fully saturated rings. The predicted molar refractivity (Wildman–Crippen MR) is 492 cm³/mol. The molecule has 0 amide bonds. The summed E-state index contributed by atoms with van der Waals surface area (Å²) in [7, 11) is 0. The second kappa shape index (κ2) is 25.6. The van der Waals surface area contributed by atoms with Gasteiger partial charge >= 0.3 is 0 Å². The Labute approximate surface area is 677 Å². The summed E-state index contributed by atoms with van der Waals surface area (Å²) < 4.78 is 0. The number of fused-ring (bicyclic) bond motifs is 17. The normalized spacial score (nSPS) is 14.4. The van der Waals surface area contributed by atoms with Gasteiger partial charge in [-0.25, -0.2) is 0 Å². The topological polar surface area (TPSA) is 0 Å². The zero-order valence-corrected chi connectivity index (χ0v) is 68.1. The maximum absolute atomic E-state index is 2.52. The maximum atomic E-state index is 2.52. The van der Waals surface area contributed by atoms with Gasteiger partial charge in [-0.3, -0.25) is 0 Å². The summed E-state index contributed by atoms with van der Waals surface area (Å²) >= 11 is 0. The second-order valence-electron chi connectivity index (χ2n) is 35.4. The number of benzene rings is 18. The van der Waals surface area contributed by atoms with Crippen LogP contribution in [0.2, 0.25) is 0 Å². The molecule has 0 nitrogen and oxygen atoms in total. The fourth-order valence-electron chi connectivity index (χ4n) is 21.6. The van der Waals surface area contributed by atoms with Crippen LogP contribution in [0.4, 0.5) is 0 Å². The quantitative estimate of drug-likeness (QED) is 0.140. The molecule has 0 saturated carbocycles. The second-order valence-corrected chi connectivity index (χ2v) is 35.4. The fraction of sp³-hybridized carbons (Fsp3) is 0.148. The Morgan fingerprint density at radius 3 is 0.774 bits per heavy atom. The van der Waals surface area contributed by atoms with E-state index in [1.54, 1.807) is 0 Å². The molecule has 18 aromatic carbocycles. The first-order valence-corrected chi connectivity index (χ1v) is 41.3. The lowest BCUT2D eigenvalue weighted by Gasteiger charge is -2.24. The van der Waals surface area contributed by atoms with Crippen molar-refractivity contribution in [3.8, 4) is 122 Å². The summed E-state index contributed by atoms with van der Waals surface area (Å²) in [5.41, 5.74) is 46.5. The first kappa shape index (κ1) is 70.1. The highest BCUT2D eigenvalue weighted by atomic mass is 14.4. The number of rotatable bonds is 7. The third-order valence-corrected chi connectivity index (χ3v) is 28.1. The average molecular weight is 1470 g/mol. The highest BCUT2D eigenvalue weighted by molar-refractivity contribution is 6.24. The van der Waals surface area contributed by atoms with Gasteiger partial charge in [0.1, 0.15) is 0 Å². The molecular formula is C115H92. The van der Waals surface area contributed by atoms with Gasteiger partial charge in [-0.05, 0) is 320 Å². The lowest BCUT2D eigenvalue weighted by Crippen LogP contribution is -2.15. The predicted octanol–water partition coefficient (Wildman–Crippen LogP) is 31.6. The Bertz CT molecular complexity index is 7200. The number of hydrogen-bond acceptors (Lipinski definition) is 0. The van der Waals surface area contributed by atoms with E-state index in [9.17, 15) is 0 Å². The van der Waals surface area contributed by atoms with E-state index in [0.717, 1.165) is 0 Å². The van der Waals surface area contributed by atoms with Crippen LogP contribution in [0.1, 0.15) is 128 Å². The zero-order valence-electron chi connectivity index (χ0n) is 68.1. The SMILES string of the molecule is CC1(C)c2ccccc2-c2ccc(-c3c4ccccc4c(-c4ccc5c(c4)C(C)(C)c4ccccc4-5)c4cc(-c5ccc(-c6cccc7ccccc67)cc5)ccc34)cc21.Cc1c(C)c(C)c(-c2ccc3c(-c4ccc5c(c4)C(C)(C)c4ccccc4-5)c4ccccc4c(-c4ccc5c(c4)C(C)(C)c4ccccc4-5)c3c2)c(C)c1C. The zero-order chi connectivity index (χ0) is 78.5. The van der Waals surface area contributed by atoms with E-state index in [1.165, 1.54) is 249 Å². The average Bonchev–Trinajstić information content (AvgIpc) is 1.71. The van der Waals surface area contributed by atoms with E-state index < -0.39 is 0 Å². The molecule has 18 aromatic rings. The van der Waals surface area contributed by atoms with Crippen molar-refractivity contribution in [1.29, 1.82) is 0 Å². The minimum absolute atomic E-state index is 0.0777. The summed E-state index contributed by atoms with van der Waals surface area (Å²) in [6, 6.07) is 122. The largest absolute Gasteiger partial charge is 0.0619 e. The van der Waals surface area contributed by atoms with E-state index in [-0.39, 0.29) is 21.7 Å². The van der Waals surface area contributed by atoms with Crippen LogP contribution in [-0.2, 0) is 21.7 Å². The lowest BCUT2D eigenvalue weighted by atomic mass is 9.79. The van der Waals surface area contributed by atoms with Crippen molar-refractivity contribution in [1.82, 2.24) is 0 Å². The molecule has 22 rings (SSSR count). The van der Waals surface area contributed by atoms with Gasteiger partial charge < -0.3 is 0 Å². The van der Waals surface area contributed by atoms with Crippen molar-refractivity contribution in [2.75, 3.05) is 0 Å². The minimum atomic E-state index is -0.0979. The molecule has 0 heterocycles. The van der Waals surface area contributed by atoms with E-state index in [0.29, 0.717) is 0 Å². The van der Waals surface area contributed by atoms with Crippen molar-refractivity contribution in [2.45, 2.75) is 112 Å². The monoisotopic (exact) mass is 1470 g/mol. The molecule has 0 aromatic heterocycles. The molecule has 115 heavy (non-hydrogen) atoms. The third kappa shape index (κ3) is 10.4. The lowest BCUT2D eigenvalue weighted by molar-refractivity contribution is 0.660. The molecule has 552 valence electrons. The van der Waals surface area contributed by atoms with Crippen LogP contribution in [0, 0.1) is 34.6 Å². The van der Waals surface area contributed by atoms with Gasteiger partial charge in [0.15, 0.2) is 0 Å². The maximum Gasteiger partial charge on any atom is 0.0159 e. The molecule has 0 spiro atoms. The molecular weight excluding hydrogens is 1380 g/mol. The summed E-state index contributed by atoms with van der Waals surface area (Å²) in [5, 5.41) is 12.8. The Hall–Kier alpha value is -12.7. The van der Waals surface area contributed by atoms with E-state index in [1.807, 2.05) is 0 Å². The van der Waals surface area contributed by atoms with Crippen molar-refractivity contribution in [3.05, 3.63) is 394 Å². The molecule has 0 radical (unpaired) electrons. The van der Waals surface area contributed by atoms with Crippen molar-refractivity contribution in [2.24, 2.45) is 0 Å². The van der Waals surface area contributed by atoms with Crippen LogP contribution in [0.3, 0.4) is 0 Å². The van der Waals surface area contributed by atoms with Crippen LogP contribution in [-0.4, -0.2) is 0 Å². The highest BCUT2D eigenvalue weighted by Crippen LogP contribution is 2.58. The van der Waals surface area contributed by atoms with Crippen LogP contribution >= 0.6 is 0 Å². The van der Waals surface area contributed by atoms with E-state index in [2.05, 4.69) is 412 Å². The van der Waals surface area contributed by atoms with Gasteiger partial charge in [0.2, 0.25) is 0 Å². The van der Waals surface area contributed by atoms with Gasteiger partial charge in [0.25, 0.3) is 0 Å². The number of hydrogen-bond donors (Lipinski definition) is 0. The van der Waals surface area contributed by atoms with Gasteiger partial charge in [0, 0.05) is 21.7 Å². The highest BCUT2D eigenvalue weighted by Gasteiger charge is 2.40. The van der Waals surface area contributed by atoms with Crippen LogP contribution in [0.25, 0.3) is 176 Å². The molecule has 0 saturated heterocycles. The molecule has 0 N–H and O–H groups in total. The van der Waals surface area contributed by atoms with Crippen molar-refractivity contribution in [3.63, 3.8) is 0 Å². The Morgan fingerprint density at radius 2 is 0.391 bits per heavy atom. The first-order chi connectivity index (χ1) is 55.7. The smallest absolute Gasteiger partial charge is 0.0159 e. The van der Waals surface area contributed by atoms with Crippen LogP contribution < -0.4 is 0 Å². The van der Waals surface area contributed by atoms with Gasteiger partial charge in [-0.15, -0.1) is 0 Å². The van der Waals surface area contributed by atoms with E-state index >= 15 is 0 Å². The Balaban J connectivity index is 0.000000145. The molecule has 0 unspecified atom stereocenters. The van der Waals surface area contributed by atoms with Gasteiger partial charge in [0.05, 0.1) is 0 Å². The summed E-state index contributed by atoms with van der Waals surface area (Å²) in [5.74, 6) is 0. The minimum Gasteiger partial charge on any atom is -0.0619 e. The molecule has 4 aliphatic rings. The molecule has 0 atom stereocenters. The van der Waals surface area contributed by atoms with Crippen molar-refractivity contribution >= 4 is 53.9 Å². The summed E-state index contributed by atoms with van der Waals surface area (Å²) in [6.45, 7) is 30.6. The van der Waals surface area contributed by atoms with Crippen LogP contribution in [0.5, 0.6) is 0 Å². The standard InChI is InChI=1S/C60H44.C55H48/c1-59(2)53-22-11-9-17-45(53)47-31-29-41(35-55(47)59)57-49-19-7-8-20-50(49)58(42-30-32-48-46-18-10-12-23-54(46)60(3,4)56(48)36-42)52-34-40(28-33-51(52)57)37-24-26-39(27-25-37)44-21-13-15-38-14-5-6-16-43(38)44;1-31-32(2)34(4)51(35(5)33(31)3)36-24-27-45-46(28-36)53(38-23-26-42-40-17-13-15-21-48(40)55(8,9)50(42)30-38)44-19-11-10-18-43(44)52(45)37-22-25-41-39-16-12-14-20-47(39)54(6,7)49(41)29-37/h5-36H,1-4H3;10-30H,1-9H3. The molecule has 0 heteroatoms.